The second-order valence-corrected chi connectivity index (χ2v) is 8.82. The Morgan fingerprint density at radius 3 is 1.16 bits per heavy atom. The molecule has 1 saturated heterocycles. The Hall–Kier alpha value is -2.50. The summed E-state index contributed by atoms with van der Waals surface area (Å²) in [5.74, 6) is -4.32. The molecule has 0 amide bonds. The minimum atomic E-state index is -1.00. The Balaban J connectivity index is -0.000000185. The number of carbonyl (C=O) groups is 5. The summed E-state index contributed by atoms with van der Waals surface area (Å²) >= 11 is 3.65. The van der Waals surface area contributed by atoms with Crippen LogP contribution in [0.3, 0.4) is 0 Å². The van der Waals surface area contributed by atoms with Gasteiger partial charge in [0.1, 0.15) is 30.2 Å². The minimum Gasteiger partial charge on any atom is -0.480 e. The van der Waals surface area contributed by atoms with E-state index in [1.807, 2.05) is 0 Å². The van der Waals surface area contributed by atoms with Crippen LogP contribution in [0.25, 0.3) is 0 Å². The van der Waals surface area contributed by atoms with Gasteiger partial charge in [-0.1, -0.05) is 27.7 Å². The number of nitrogens with one attached hydrogen (secondary N) is 1. The molecule has 5 atom stereocenters. The Morgan fingerprint density at radius 2 is 1.11 bits per heavy atom. The molecule has 1 aliphatic heterocycles. The lowest BCUT2D eigenvalue weighted by atomic mass is 10.1. The molecule has 220 valence electrons. The van der Waals surface area contributed by atoms with Crippen molar-refractivity contribution in [2.24, 2.45) is 34.8 Å². The summed E-state index contributed by atoms with van der Waals surface area (Å²) in [5.41, 5.74) is 20.1. The highest BCUT2D eigenvalue weighted by Gasteiger charge is 2.20. The topological polar surface area (TPSA) is 303 Å². The fourth-order valence-corrected chi connectivity index (χ4v) is 1.70. The van der Waals surface area contributed by atoms with Crippen LogP contribution in [-0.2, 0) is 24.0 Å². The van der Waals surface area contributed by atoms with Gasteiger partial charge in [-0.15, -0.1) is 0 Å². The maximum atomic E-state index is 10.1. The van der Waals surface area contributed by atoms with Crippen molar-refractivity contribution in [1.82, 2.24) is 5.32 Å². The van der Waals surface area contributed by atoms with Gasteiger partial charge < -0.3 is 53.8 Å². The first-order chi connectivity index (χ1) is 16.7. The summed E-state index contributed by atoms with van der Waals surface area (Å²) in [6.07, 6.45) is 1.78. The van der Waals surface area contributed by atoms with Gasteiger partial charge >= 0.3 is 29.8 Å². The van der Waals surface area contributed by atoms with Crippen molar-refractivity contribution in [3.8, 4) is 0 Å². The second kappa shape index (κ2) is 23.9. The Kier molecular flexibility index (Phi) is 26.9. The van der Waals surface area contributed by atoms with Crippen LogP contribution in [-0.4, -0.2) is 97.9 Å². The summed E-state index contributed by atoms with van der Waals surface area (Å²) in [7, 11) is 0. The van der Waals surface area contributed by atoms with Crippen LogP contribution in [0.5, 0.6) is 0 Å². The molecule has 37 heavy (non-hydrogen) atoms. The van der Waals surface area contributed by atoms with E-state index in [4.69, 9.17) is 48.5 Å². The first kappa shape index (κ1) is 41.6. The van der Waals surface area contributed by atoms with E-state index in [9.17, 15) is 24.0 Å². The van der Waals surface area contributed by atoms with Crippen molar-refractivity contribution in [1.29, 1.82) is 0 Å². The molecule has 1 heterocycles. The van der Waals surface area contributed by atoms with Crippen molar-refractivity contribution < 1.29 is 49.5 Å². The van der Waals surface area contributed by atoms with Gasteiger partial charge in [0.15, 0.2) is 0 Å². The highest BCUT2D eigenvalue weighted by atomic mass is 32.1. The average molecular weight is 560 g/mol. The molecule has 15 nitrogen and oxygen atoms in total. The van der Waals surface area contributed by atoms with E-state index >= 15 is 0 Å². The predicted molar refractivity (Wildman–Crippen MR) is 140 cm³/mol. The number of carboxylic acids is 5. The zero-order chi connectivity index (χ0) is 30.5. The smallest absolute Gasteiger partial charge is 0.321 e. The molecule has 0 spiro atoms. The molecule has 14 N–H and O–H groups in total. The predicted octanol–water partition coefficient (Wildman–Crippen LogP) is -1.32. The SMILES string of the molecule is CC(C)[C@H](N)C(=O)O.CC(C)[C@H](N)C(=O)O.C[C@H](N)C(=O)O.N[C@@H](CS)C(=O)O.O=C(O)[C@@H]1CCCN1. The molecular formula is C21H45N5O10S. The minimum absolute atomic E-state index is 0.0208. The molecule has 0 saturated carbocycles. The van der Waals surface area contributed by atoms with Crippen LogP contribution in [0.15, 0.2) is 0 Å². The molecule has 16 heteroatoms. The molecule has 0 aromatic rings. The van der Waals surface area contributed by atoms with Gasteiger partial charge in [0.05, 0.1) is 0 Å². The number of hydrogen-bond acceptors (Lipinski definition) is 11. The maximum absolute atomic E-state index is 10.1. The summed E-state index contributed by atoms with van der Waals surface area (Å²) in [6, 6.07) is -3.24. The number of carboxylic acid groups (broad SMARTS) is 5. The lowest BCUT2D eigenvalue weighted by Gasteiger charge is -2.07. The van der Waals surface area contributed by atoms with E-state index in [2.05, 4.69) is 17.9 Å². The van der Waals surface area contributed by atoms with Gasteiger partial charge in [-0.2, -0.15) is 12.6 Å². The van der Waals surface area contributed by atoms with Crippen molar-refractivity contribution in [2.45, 2.75) is 77.7 Å². The molecule has 1 aliphatic rings. The molecule has 0 aromatic heterocycles. The van der Waals surface area contributed by atoms with E-state index in [1.165, 1.54) is 6.92 Å². The molecule has 0 radical (unpaired) electrons. The van der Waals surface area contributed by atoms with Crippen LogP contribution in [0, 0.1) is 11.8 Å². The van der Waals surface area contributed by atoms with Crippen LogP contribution >= 0.6 is 12.6 Å². The van der Waals surface area contributed by atoms with Crippen molar-refractivity contribution >= 4 is 42.5 Å². The third kappa shape index (κ3) is 27.9. The second-order valence-electron chi connectivity index (χ2n) is 8.46. The number of rotatable bonds is 8. The number of thiol groups is 1. The van der Waals surface area contributed by atoms with Gasteiger partial charge in [0.2, 0.25) is 0 Å². The highest BCUT2D eigenvalue weighted by molar-refractivity contribution is 7.80. The van der Waals surface area contributed by atoms with E-state index in [0.717, 1.165) is 19.4 Å². The Bertz CT molecular complexity index is 634. The van der Waals surface area contributed by atoms with Crippen molar-refractivity contribution in [3.63, 3.8) is 0 Å². The van der Waals surface area contributed by atoms with Gasteiger partial charge in [-0.25, -0.2) is 0 Å². The zero-order valence-corrected chi connectivity index (χ0v) is 22.8. The van der Waals surface area contributed by atoms with E-state index in [-0.39, 0.29) is 23.6 Å². The number of nitrogens with two attached hydrogens (primary N) is 4. The molecule has 1 fully saturated rings. The third-order valence-corrected chi connectivity index (χ3v) is 4.66. The van der Waals surface area contributed by atoms with E-state index in [1.54, 1.807) is 27.7 Å². The normalized spacial score (nSPS) is 16.9. The fourth-order valence-electron chi connectivity index (χ4n) is 1.54. The van der Waals surface area contributed by atoms with E-state index < -0.39 is 54.0 Å². The van der Waals surface area contributed by atoms with Gasteiger partial charge in [0.25, 0.3) is 0 Å². The zero-order valence-electron chi connectivity index (χ0n) is 21.9. The van der Waals surface area contributed by atoms with Gasteiger partial charge in [-0.3, -0.25) is 24.0 Å². The quantitative estimate of drug-likeness (QED) is 0.154. The molecule has 1 rings (SSSR count). The maximum Gasteiger partial charge on any atom is 0.321 e. The van der Waals surface area contributed by atoms with Crippen LogP contribution in [0.1, 0.15) is 47.5 Å². The standard InChI is InChI=1S/C5H9NO2.2C5H11NO2.C3H7NO2S.C3H7NO2/c7-5(8)4-2-1-3-6-4;2*1-3(2)4(6)5(7)8;4-2(1-7)3(5)6;1-2(4)3(5)6/h4,6H,1-3H2,(H,7,8);2*3-4H,6H2,1-2H3,(H,7,8);2,7H,1,4H2,(H,5,6);2H,4H2,1H3,(H,5,6)/t3*4-;2*2-/m00000/s1. The number of aliphatic carboxylic acids is 5. The molecular weight excluding hydrogens is 514 g/mol. The number of hydrogen-bond donors (Lipinski definition) is 11. The monoisotopic (exact) mass is 559 g/mol. The van der Waals surface area contributed by atoms with Crippen LogP contribution in [0.4, 0.5) is 0 Å². The summed E-state index contributed by atoms with van der Waals surface area (Å²) in [6.45, 7) is 9.38. The lowest BCUT2D eigenvalue weighted by Crippen LogP contribution is -2.34. The Morgan fingerprint density at radius 1 is 0.757 bits per heavy atom. The summed E-state index contributed by atoms with van der Waals surface area (Å²) < 4.78 is 0. The average Bonchev–Trinajstić information content (AvgIpc) is 3.34. The van der Waals surface area contributed by atoms with Crippen molar-refractivity contribution in [2.75, 3.05) is 12.3 Å². The molecule has 0 aromatic carbocycles. The molecule has 0 bridgehead atoms. The largest absolute Gasteiger partial charge is 0.480 e. The van der Waals surface area contributed by atoms with E-state index in [0.29, 0.717) is 0 Å². The van der Waals surface area contributed by atoms with Crippen LogP contribution in [0.2, 0.25) is 0 Å². The molecule has 0 aliphatic carbocycles. The van der Waals surface area contributed by atoms with Gasteiger partial charge in [0, 0.05) is 5.75 Å². The highest BCUT2D eigenvalue weighted by Crippen LogP contribution is 2.03. The first-order valence-electron chi connectivity index (χ1n) is 11.2. The first-order valence-corrected chi connectivity index (χ1v) is 11.9. The summed E-state index contributed by atoms with van der Waals surface area (Å²) in [4.78, 5) is 49.5. The third-order valence-electron chi connectivity index (χ3n) is 4.27. The summed E-state index contributed by atoms with van der Waals surface area (Å²) in [5, 5.41) is 43.5. The lowest BCUT2D eigenvalue weighted by molar-refractivity contribution is -0.140. The van der Waals surface area contributed by atoms with Gasteiger partial charge in [-0.05, 0) is 38.1 Å². The molecule has 0 unspecified atom stereocenters. The fraction of sp³-hybridized carbons (Fsp3) is 0.762. The Labute approximate surface area is 222 Å². The van der Waals surface area contributed by atoms with Crippen molar-refractivity contribution in [3.05, 3.63) is 0 Å². The van der Waals surface area contributed by atoms with Crippen LogP contribution < -0.4 is 28.3 Å².